The smallest absolute Gasteiger partial charge is 0.164 e. The summed E-state index contributed by atoms with van der Waals surface area (Å²) in [6.45, 7) is 0. The fourth-order valence-electron chi connectivity index (χ4n) is 14.2. The molecule has 0 aliphatic rings. The molecule has 0 spiro atoms. The number of nitrogens with zero attached hydrogens (tertiary/aromatic N) is 6. The fraction of sp³-hybridized carbons (Fsp3) is 0. The molecule has 0 saturated heterocycles. The van der Waals surface area contributed by atoms with Crippen LogP contribution in [-0.4, -0.2) is 28.7 Å². The Labute approximate surface area is 537 Å². The van der Waals surface area contributed by atoms with Crippen molar-refractivity contribution in [2.75, 3.05) is 0 Å². The molecule has 6 nitrogen and oxygen atoms in total. The predicted molar refractivity (Wildman–Crippen MR) is 386 cm³/mol. The monoisotopic (exact) mass is 1180 g/mol. The fourth-order valence-corrected chi connectivity index (χ4v) is 14.2. The molecule has 0 unspecified atom stereocenters. The van der Waals surface area contributed by atoms with Gasteiger partial charge < -0.3 is 13.7 Å². The molecule has 0 saturated carbocycles. The highest BCUT2D eigenvalue weighted by Crippen LogP contribution is 2.47. The molecule has 0 bridgehead atoms. The van der Waals surface area contributed by atoms with Crippen molar-refractivity contribution in [1.82, 2.24) is 28.7 Å². The van der Waals surface area contributed by atoms with Crippen molar-refractivity contribution in [2.24, 2.45) is 0 Å². The largest absolute Gasteiger partial charge is 0.309 e. The van der Waals surface area contributed by atoms with Gasteiger partial charge in [-0.1, -0.05) is 255 Å². The highest BCUT2D eigenvalue weighted by molar-refractivity contribution is 6.18. The minimum Gasteiger partial charge on any atom is -0.309 e. The molecule has 0 fully saturated rings. The quantitative estimate of drug-likeness (QED) is 0.130. The Morgan fingerprint density at radius 3 is 1.01 bits per heavy atom. The average molecular weight is 1190 g/mol. The van der Waals surface area contributed by atoms with Crippen molar-refractivity contribution >= 4 is 65.4 Å². The van der Waals surface area contributed by atoms with Crippen LogP contribution >= 0.6 is 0 Å². The lowest BCUT2D eigenvalue weighted by molar-refractivity contribution is 1.07. The molecule has 18 aromatic rings. The summed E-state index contributed by atoms with van der Waals surface area (Å²) in [5.41, 5.74) is 23.3. The maximum Gasteiger partial charge on any atom is 0.164 e. The Morgan fingerprint density at radius 2 is 0.538 bits per heavy atom. The Balaban J connectivity index is 0.932. The summed E-state index contributed by atoms with van der Waals surface area (Å²) in [5.74, 6) is 1.70. The van der Waals surface area contributed by atoms with Gasteiger partial charge in [0.15, 0.2) is 17.5 Å². The van der Waals surface area contributed by atoms with E-state index in [1.165, 1.54) is 21.5 Å². The minimum atomic E-state index is 0.557. The van der Waals surface area contributed by atoms with Crippen LogP contribution in [0.15, 0.2) is 340 Å². The van der Waals surface area contributed by atoms with Gasteiger partial charge in [-0.3, -0.25) is 0 Å². The van der Waals surface area contributed by atoms with Gasteiger partial charge in [-0.05, 0) is 129 Å². The van der Waals surface area contributed by atoms with Gasteiger partial charge in [0.1, 0.15) is 0 Å². The van der Waals surface area contributed by atoms with Gasteiger partial charge >= 0.3 is 0 Å². The van der Waals surface area contributed by atoms with Gasteiger partial charge in [-0.2, -0.15) is 0 Å². The number of benzene rings is 14. The first-order valence-corrected chi connectivity index (χ1v) is 31.7. The average Bonchev–Trinajstić information content (AvgIpc) is 1.57. The summed E-state index contributed by atoms with van der Waals surface area (Å²) in [6, 6.07) is 122. The number of hydrogen-bond donors (Lipinski definition) is 0. The molecular weight excluding hydrogens is 1130 g/mol. The van der Waals surface area contributed by atoms with Gasteiger partial charge in [0.05, 0.1) is 44.5 Å². The maximum absolute atomic E-state index is 5.63. The summed E-state index contributed by atoms with van der Waals surface area (Å²) in [4.78, 5) is 16.6. The van der Waals surface area contributed by atoms with Crippen molar-refractivity contribution in [1.29, 1.82) is 0 Å². The normalized spacial score (nSPS) is 11.7. The van der Waals surface area contributed by atoms with Crippen LogP contribution < -0.4 is 0 Å². The van der Waals surface area contributed by atoms with Crippen molar-refractivity contribution in [3.05, 3.63) is 340 Å². The molecule has 14 aromatic carbocycles. The molecule has 4 aromatic heterocycles. The summed E-state index contributed by atoms with van der Waals surface area (Å²) in [6.07, 6.45) is 0. The molecule has 0 aliphatic heterocycles. The molecule has 0 N–H and O–H groups in total. The third-order valence-corrected chi connectivity index (χ3v) is 18.5. The third kappa shape index (κ3) is 9.14. The van der Waals surface area contributed by atoms with Crippen molar-refractivity contribution in [3.63, 3.8) is 0 Å². The van der Waals surface area contributed by atoms with Crippen LogP contribution in [0.2, 0.25) is 0 Å². The van der Waals surface area contributed by atoms with Crippen LogP contribution in [0.25, 0.3) is 172 Å². The molecule has 6 heteroatoms. The van der Waals surface area contributed by atoms with Crippen LogP contribution in [0, 0.1) is 0 Å². The number of para-hydroxylation sites is 4. The van der Waals surface area contributed by atoms with Crippen LogP contribution in [0.5, 0.6) is 0 Å². The van der Waals surface area contributed by atoms with E-state index in [2.05, 4.69) is 353 Å². The van der Waals surface area contributed by atoms with Gasteiger partial charge in [0.2, 0.25) is 0 Å². The lowest BCUT2D eigenvalue weighted by Crippen LogP contribution is -2.04. The van der Waals surface area contributed by atoms with Crippen LogP contribution in [0.4, 0.5) is 0 Å². The second-order valence-electron chi connectivity index (χ2n) is 23.9. The van der Waals surface area contributed by atoms with E-state index in [0.717, 1.165) is 133 Å². The van der Waals surface area contributed by atoms with E-state index in [1.807, 2.05) is 0 Å². The van der Waals surface area contributed by atoms with E-state index >= 15 is 0 Å². The van der Waals surface area contributed by atoms with E-state index in [0.29, 0.717) is 17.5 Å². The van der Waals surface area contributed by atoms with Crippen LogP contribution in [-0.2, 0) is 0 Å². The highest BCUT2D eigenvalue weighted by Gasteiger charge is 2.27. The maximum atomic E-state index is 5.63. The first-order valence-electron chi connectivity index (χ1n) is 31.7. The molecule has 0 radical (unpaired) electrons. The Bertz CT molecular complexity index is 5670. The summed E-state index contributed by atoms with van der Waals surface area (Å²) in [7, 11) is 0. The van der Waals surface area contributed by atoms with E-state index in [4.69, 9.17) is 15.0 Å². The van der Waals surface area contributed by atoms with E-state index in [1.54, 1.807) is 0 Å². The van der Waals surface area contributed by atoms with Crippen molar-refractivity contribution in [2.45, 2.75) is 0 Å². The number of fused-ring (bicyclic) bond motifs is 9. The Kier molecular flexibility index (Phi) is 12.8. The molecular formula is C87H56N6. The molecule has 434 valence electrons. The molecule has 18 rings (SSSR count). The van der Waals surface area contributed by atoms with Crippen molar-refractivity contribution in [3.8, 4) is 107 Å². The molecule has 93 heavy (non-hydrogen) atoms. The second-order valence-corrected chi connectivity index (χ2v) is 23.9. The number of rotatable bonds is 11. The predicted octanol–water partition coefficient (Wildman–Crippen LogP) is 22.5. The zero-order chi connectivity index (χ0) is 61.3. The van der Waals surface area contributed by atoms with Crippen LogP contribution in [0.3, 0.4) is 0 Å². The number of hydrogen-bond acceptors (Lipinski definition) is 3. The lowest BCUT2D eigenvalue weighted by Gasteiger charge is -2.21. The topological polar surface area (TPSA) is 53.5 Å². The van der Waals surface area contributed by atoms with Gasteiger partial charge in [0.25, 0.3) is 0 Å². The first kappa shape index (κ1) is 53.5. The number of aromatic nitrogens is 6. The first-order chi connectivity index (χ1) is 46.1. The van der Waals surface area contributed by atoms with E-state index in [9.17, 15) is 0 Å². The zero-order valence-corrected chi connectivity index (χ0v) is 50.5. The Morgan fingerprint density at radius 1 is 0.194 bits per heavy atom. The molecule has 0 atom stereocenters. The standard InChI is InChI=1S/C87H56N6/c1-6-25-57(26-7-1)60-45-47-63(48-46-60)85-88-86(66-52-64(58-27-8-2-9-28-58)51-65(53-66)59-29-10-3-11-30-59)90-87(89-85)67-54-73(61-31-12-4-13-32-61)84(74(55-67)62-33-14-5-15-34-62)93-80-50-49-68(91-76-39-20-16-35-69(76)70-36-17-21-40-77(70)91)56-75(80)83-81(43-24-44-82(83)93)92-78-41-22-18-37-71(78)72-38-19-23-42-79(72)92/h1-56H. The second kappa shape index (κ2) is 22.2. The van der Waals surface area contributed by atoms with Crippen LogP contribution in [0.1, 0.15) is 0 Å². The van der Waals surface area contributed by atoms with Gasteiger partial charge in [-0.25, -0.2) is 15.0 Å². The summed E-state index contributed by atoms with van der Waals surface area (Å²) in [5, 5.41) is 7.13. The van der Waals surface area contributed by atoms with E-state index < -0.39 is 0 Å². The Hall–Kier alpha value is -12.5. The summed E-state index contributed by atoms with van der Waals surface area (Å²) >= 11 is 0. The van der Waals surface area contributed by atoms with Crippen molar-refractivity contribution < 1.29 is 0 Å². The third-order valence-electron chi connectivity index (χ3n) is 18.5. The van der Waals surface area contributed by atoms with Gasteiger partial charge in [-0.15, -0.1) is 0 Å². The lowest BCUT2D eigenvalue weighted by atomic mass is 9.92. The highest BCUT2D eigenvalue weighted by atomic mass is 15.0. The molecule has 4 heterocycles. The SMILES string of the molecule is c1ccc(-c2ccc(-c3nc(-c4cc(-c5ccccc5)cc(-c5ccccc5)c4)nc(-c4cc(-c5ccccc5)c(-n5c6ccc(-n7c8ccccc8c8ccccc87)cc6c6c(-n7c8ccccc8c8ccccc87)cccc65)c(-c5ccccc5)c4)n3)cc2)cc1. The zero-order valence-electron chi connectivity index (χ0n) is 50.5. The molecule has 0 amide bonds. The molecule has 0 aliphatic carbocycles. The summed E-state index contributed by atoms with van der Waals surface area (Å²) < 4.78 is 7.45. The van der Waals surface area contributed by atoms with Gasteiger partial charge in [0, 0.05) is 65.8 Å². The minimum absolute atomic E-state index is 0.557. The van der Waals surface area contributed by atoms with E-state index in [-0.39, 0.29) is 0 Å².